The van der Waals surface area contributed by atoms with Gasteiger partial charge in [0.25, 0.3) is 0 Å². The van der Waals surface area contributed by atoms with Gasteiger partial charge in [-0.3, -0.25) is 0 Å². The van der Waals surface area contributed by atoms with Crippen LogP contribution in [0.15, 0.2) is 18.2 Å². The molecular weight excluding hydrogens is 244 g/mol. The van der Waals surface area contributed by atoms with Crippen LogP contribution in [0.4, 0.5) is 5.69 Å². The van der Waals surface area contributed by atoms with Gasteiger partial charge in [-0.05, 0) is 56.7 Å². The molecule has 2 rings (SSSR count). The predicted octanol–water partition coefficient (Wildman–Crippen LogP) is 4.12. The third-order valence-corrected chi connectivity index (χ3v) is 4.71. The summed E-state index contributed by atoms with van der Waals surface area (Å²) in [6.07, 6.45) is 5.44. The fraction of sp³-hybridized carbons (Fsp3) is 0.667. The third kappa shape index (κ3) is 3.76. The molecule has 1 aliphatic carbocycles. The molecule has 1 N–H and O–H groups in total. The van der Waals surface area contributed by atoms with Crippen LogP contribution in [0.1, 0.15) is 50.7 Å². The largest absolute Gasteiger partial charge is 0.371 e. The van der Waals surface area contributed by atoms with E-state index in [0.717, 1.165) is 19.0 Å². The highest BCUT2D eigenvalue weighted by Crippen LogP contribution is 2.31. The van der Waals surface area contributed by atoms with E-state index in [1.165, 1.54) is 42.5 Å². The lowest BCUT2D eigenvalue weighted by Gasteiger charge is -2.36. The maximum absolute atomic E-state index is 3.47. The van der Waals surface area contributed by atoms with Gasteiger partial charge in [0.1, 0.15) is 0 Å². The fourth-order valence-corrected chi connectivity index (χ4v) is 3.29. The van der Waals surface area contributed by atoms with Crippen molar-refractivity contribution < 1.29 is 0 Å². The van der Waals surface area contributed by atoms with E-state index < -0.39 is 0 Å². The smallest absolute Gasteiger partial charge is 0.0411 e. The van der Waals surface area contributed by atoms with E-state index in [9.17, 15) is 0 Å². The van der Waals surface area contributed by atoms with E-state index in [2.05, 4.69) is 56.2 Å². The molecule has 0 heterocycles. The molecule has 0 radical (unpaired) electrons. The summed E-state index contributed by atoms with van der Waals surface area (Å²) in [6, 6.07) is 7.60. The zero-order valence-electron chi connectivity index (χ0n) is 13.6. The molecule has 2 nitrogen and oxygen atoms in total. The molecule has 0 spiro atoms. The highest BCUT2D eigenvalue weighted by molar-refractivity contribution is 5.55. The van der Waals surface area contributed by atoms with Gasteiger partial charge in [0.2, 0.25) is 0 Å². The second kappa shape index (κ2) is 7.12. The highest BCUT2D eigenvalue weighted by atomic mass is 15.1. The Balaban J connectivity index is 2.13. The van der Waals surface area contributed by atoms with Crippen molar-refractivity contribution in [1.29, 1.82) is 0 Å². The maximum Gasteiger partial charge on any atom is 0.0411 e. The van der Waals surface area contributed by atoms with Gasteiger partial charge < -0.3 is 10.2 Å². The summed E-state index contributed by atoms with van der Waals surface area (Å²) in [6.45, 7) is 8.74. The zero-order valence-corrected chi connectivity index (χ0v) is 13.6. The first kappa shape index (κ1) is 15.4. The monoisotopic (exact) mass is 274 g/mol. The number of rotatable bonds is 5. The van der Waals surface area contributed by atoms with Crippen molar-refractivity contribution in [2.45, 2.75) is 59.0 Å². The van der Waals surface area contributed by atoms with Gasteiger partial charge in [0.15, 0.2) is 0 Å². The molecule has 1 fully saturated rings. The zero-order chi connectivity index (χ0) is 14.5. The Kier molecular flexibility index (Phi) is 5.47. The van der Waals surface area contributed by atoms with Crippen molar-refractivity contribution in [3.05, 3.63) is 29.3 Å². The van der Waals surface area contributed by atoms with Crippen molar-refractivity contribution in [3.8, 4) is 0 Å². The summed E-state index contributed by atoms with van der Waals surface area (Å²) in [5.41, 5.74) is 4.20. The Hall–Kier alpha value is -1.02. The van der Waals surface area contributed by atoms with E-state index in [4.69, 9.17) is 0 Å². The van der Waals surface area contributed by atoms with Gasteiger partial charge in [-0.1, -0.05) is 31.5 Å². The van der Waals surface area contributed by atoms with Crippen molar-refractivity contribution >= 4 is 5.69 Å². The van der Waals surface area contributed by atoms with Gasteiger partial charge >= 0.3 is 0 Å². The quantitative estimate of drug-likeness (QED) is 0.869. The summed E-state index contributed by atoms with van der Waals surface area (Å²) >= 11 is 0. The Morgan fingerprint density at radius 1 is 1.20 bits per heavy atom. The van der Waals surface area contributed by atoms with Gasteiger partial charge in [-0.15, -0.1) is 0 Å². The van der Waals surface area contributed by atoms with E-state index in [1.54, 1.807) is 0 Å². The number of anilines is 1. The van der Waals surface area contributed by atoms with Gasteiger partial charge in [-0.2, -0.15) is 0 Å². The van der Waals surface area contributed by atoms with Gasteiger partial charge in [0.05, 0.1) is 0 Å². The lowest BCUT2D eigenvalue weighted by molar-refractivity contribution is 0.340. The minimum atomic E-state index is 0.717. The molecule has 0 aliphatic heterocycles. The number of hydrogen-bond acceptors (Lipinski definition) is 2. The second-order valence-electron chi connectivity index (χ2n) is 6.44. The van der Waals surface area contributed by atoms with Crippen molar-refractivity contribution in [2.24, 2.45) is 5.92 Å². The Morgan fingerprint density at radius 3 is 2.55 bits per heavy atom. The molecule has 112 valence electrons. The van der Waals surface area contributed by atoms with Crippen molar-refractivity contribution in [2.75, 3.05) is 18.5 Å². The van der Waals surface area contributed by atoms with E-state index in [0.29, 0.717) is 6.04 Å². The van der Waals surface area contributed by atoms with Gasteiger partial charge in [0, 0.05) is 25.3 Å². The maximum atomic E-state index is 3.47. The number of benzene rings is 1. The minimum Gasteiger partial charge on any atom is -0.371 e. The predicted molar refractivity (Wildman–Crippen MR) is 88.4 cm³/mol. The first-order chi connectivity index (χ1) is 9.61. The first-order valence-corrected chi connectivity index (χ1v) is 8.15. The normalized spacial score (nSPS) is 22.8. The van der Waals surface area contributed by atoms with Crippen molar-refractivity contribution in [1.82, 2.24) is 5.32 Å². The lowest BCUT2D eigenvalue weighted by Crippen LogP contribution is -2.35. The van der Waals surface area contributed by atoms with Crippen LogP contribution in [-0.4, -0.2) is 19.6 Å². The van der Waals surface area contributed by atoms with Crippen LogP contribution in [0.2, 0.25) is 0 Å². The molecule has 0 aromatic heterocycles. The molecule has 0 bridgehead atoms. The topological polar surface area (TPSA) is 15.3 Å². The molecule has 2 heteroatoms. The molecule has 20 heavy (non-hydrogen) atoms. The average molecular weight is 274 g/mol. The third-order valence-electron chi connectivity index (χ3n) is 4.71. The van der Waals surface area contributed by atoms with Crippen LogP contribution < -0.4 is 10.2 Å². The summed E-state index contributed by atoms with van der Waals surface area (Å²) in [5, 5.41) is 3.47. The molecule has 1 aromatic rings. The van der Waals surface area contributed by atoms with Crippen LogP contribution in [0, 0.1) is 12.8 Å². The Morgan fingerprint density at radius 2 is 1.90 bits per heavy atom. The summed E-state index contributed by atoms with van der Waals surface area (Å²) in [5.74, 6) is 0.916. The fourth-order valence-electron chi connectivity index (χ4n) is 3.29. The highest BCUT2D eigenvalue weighted by Gasteiger charge is 2.23. The summed E-state index contributed by atoms with van der Waals surface area (Å²) < 4.78 is 0. The van der Waals surface area contributed by atoms with Gasteiger partial charge in [-0.25, -0.2) is 0 Å². The Labute approximate surface area is 124 Å². The number of hydrogen-bond donors (Lipinski definition) is 1. The molecule has 0 unspecified atom stereocenters. The van der Waals surface area contributed by atoms with Crippen molar-refractivity contribution in [3.63, 3.8) is 0 Å². The van der Waals surface area contributed by atoms with E-state index in [-0.39, 0.29) is 0 Å². The van der Waals surface area contributed by atoms with E-state index in [1.807, 2.05) is 0 Å². The summed E-state index contributed by atoms with van der Waals surface area (Å²) in [4.78, 5) is 2.53. The molecular formula is C18H30N2. The molecule has 1 aliphatic rings. The molecule has 0 saturated heterocycles. The second-order valence-corrected chi connectivity index (χ2v) is 6.44. The molecule has 1 aromatic carbocycles. The standard InChI is InChI=1S/C18H30N2/c1-5-19-13-16-12-15(3)8-11-18(16)20(4)17-9-6-14(2)7-10-17/h8,11-12,14,17,19H,5-7,9-10,13H2,1-4H3. The lowest BCUT2D eigenvalue weighted by atomic mass is 9.86. The Bertz CT molecular complexity index is 419. The molecule has 0 atom stereocenters. The minimum absolute atomic E-state index is 0.717. The van der Waals surface area contributed by atoms with Crippen LogP contribution in [0.5, 0.6) is 0 Å². The van der Waals surface area contributed by atoms with E-state index >= 15 is 0 Å². The molecule has 1 saturated carbocycles. The number of aryl methyl sites for hydroxylation is 1. The summed E-state index contributed by atoms with van der Waals surface area (Å²) in [7, 11) is 2.28. The number of nitrogens with zero attached hydrogens (tertiary/aromatic N) is 1. The average Bonchev–Trinajstić information content (AvgIpc) is 2.45. The van der Waals surface area contributed by atoms with Crippen LogP contribution >= 0.6 is 0 Å². The molecule has 0 amide bonds. The van der Waals surface area contributed by atoms with Crippen LogP contribution in [-0.2, 0) is 6.54 Å². The van der Waals surface area contributed by atoms with Crippen LogP contribution in [0.3, 0.4) is 0 Å². The first-order valence-electron chi connectivity index (χ1n) is 8.15. The van der Waals surface area contributed by atoms with Crippen LogP contribution in [0.25, 0.3) is 0 Å². The number of nitrogens with one attached hydrogen (secondary N) is 1. The SMILES string of the molecule is CCNCc1cc(C)ccc1N(C)C1CCC(C)CC1.